The third-order valence-electron chi connectivity index (χ3n) is 4.10. The van der Waals surface area contributed by atoms with Crippen molar-refractivity contribution >= 4 is 6.29 Å². The molecule has 0 unspecified atom stereocenters. The van der Waals surface area contributed by atoms with Crippen LogP contribution >= 0.6 is 0 Å². The number of piperidine rings is 1. The molecular weight excluding hydrogens is 266 g/mol. The van der Waals surface area contributed by atoms with E-state index in [2.05, 4.69) is 11.8 Å². The summed E-state index contributed by atoms with van der Waals surface area (Å²) in [5.74, 6) is 2.04. The molecule has 1 aromatic carbocycles. The summed E-state index contributed by atoms with van der Waals surface area (Å²) in [5.41, 5.74) is 0.543. The van der Waals surface area contributed by atoms with Gasteiger partial charge in [-0.3, -0.25) is 4.79 Å². The van der Waals surface area contributed by atoms with E-state index < -0.39 is 0 Å². The molecule has 4 heteroatoms. The van der Waals surface area contributed by atoms with Gasteiger partial charge in [-0.15, -0.1) is 0 Å². The van der Waals surface area contributed by atoms with E-state index in [0.717, 1.165) is 25.2 Å². The molecule has 1 fully saturated rings. The van der Waals surface area contributed by atoms with Gasteiger partial charge in [0.25, 0.3) is 0 Å². The lowest BCUT2D eigenvalue weighted by molar-refractivity contribution is 0.111. The summed E-state index contributed by atoms with van der Waals surface area (Å²) in [5, 5.41) is 0. The minimum absolute atomic E-state index is 0.543. The van der Waals surface area contributed by atoms with Crippen molar-refractivity contribution in [3.63, 3.8) is 0 Å². The van der Waals surface area contributed by atoms with Gasteiger partial charge >= 0.3 is 0 Å². The number of para-hydroxylation sites is 1. The van der Waals surface area contributed by atoms with Crippen LogP contribution in [-0.4, -0.2) is 44.5 Å². The monoisotopic (exact) mass is 291 g/mol. The first-order valence-corrected chi connectivity index (χ1v) is 7.72. The minimum atomic E-state index is 0.543. The zero-order valence-corrected chi connectivity index (χ0v) is 13.0. The quantitative estimate of drug-likeness (QED) is 0.572. The number of carbonyl (C=O) groups is 1. The number of carbonyl (C=O) groups excluding carboxylic acids is 1. The molecule has 1 aliphatic heterocycles. The van der Waals surface area contributed by atoms with E-state index in [1.807, 2.05) is 6.07 Å². The van der Waals surface area contributed by atoms with E-state index in [9.17, 15) is 4.79 Å². The Morgan fingerprint density at radius 2 is 2.10 bits per heavy atom. The average molecular weight is 291 g/mol. The highest BCUT2D eigenvalue weighted by atomic mass is 16.5. The van der Waals surface area contributed by atoms with Gasteiger partial charge in [-0.05, 0) is 50.4 Å². The first-order chi connectivity index (χ1) is 10.2. The molecule has 0 radical (unpaired) electrons. The molecule has 0 saturated carbocycles. The van der Waals surface area contributed by atoms with Crippen molar-refractivity contribution in [2.45, 2.75) is 26.2 Å². The SMILES string of the molecule is COc1cccc(C=O)c1OCCCN1CCC(C)CC1. The highest BCUT2D eigenvalue weighted by Crippen LogP contribution is 2.30. The Kier molecular flexibility index (Phi) is 6.05. The summed E-state index contributed by atoms with van der Waals surface area (Å²) in [6.45, 7) is 6.36. The lowest BCUT2D eigenvalue weighted by atomic mass is 9.99. The largest absolute Gasteiger partial charge is 0.493 e. The number of nitrogens with zero attached hydrogens (tertiary/aromatic N) is 1. The van der Waals surface area contributed by atoms with Crippen LogP contribution in [0.3, 0.4) is 0 Å². The Morgan fingerprint density at radius 1 is 1.33 bits per heavy atom. The predicted octanol–water partition coefficient (Wildman–Crippen LogP) is 3.01. The second-order valence-electron chi connectivity index (χ2n) is 5.72. The summed E-state index contributed by atoms with van der Waals surface area (Å²) in [7, 11) is 1.59. The Bertz CT molecular complexity index is 453. The highest BCUT2D eigenvalue weighted by molar-refractivity contribution is 5.81. The van der Waals surface area contributed by atoms with Gasteiger partial charge < -0.3 is 14.4 Å². The van der Waals surface area contributed by atoms with Gasteiger partial charge in [0.2, 0.25) is 0 Å². The second kappa shape index (κ2) is 8.03. The van der Waals surface area contributed by atoms with Crippen molar-refractivity contribution in [1.82, 2.24) is 4.90 Å². The van der Waals surface area contributed by atoms with E-state index in [-0.39, 0.29) is 0 Å². The molecule has 0 N–H and O–H groups in total. The zero-order valence-electron chi connectivity index (χ0n) is 13.0. The van der Waals surface area contributed by atoms with Crippen LogP contribution in [0, 0.1) is 5.92 Å². The number of likely N-dealkylation sites (tertiary alicyclic amines) is 1. The van der Waals surface area contributed by atoms with Crippen molar-refractivity contribution in [2.24, 2.45) is 5.92 Å². The molecule has 1 aliphatic rings. The number of ether oxygens (including phenoxy) is 2. The van der Waals surface area contributed by atoms with Gasteiger partial charge in [0.1, 0.15) is 0 Å². The molecule has 2 rings (SSSR count). The molecule has 21 heavy (non-hydrogen) atoms. The van der Waals surface area contributed by atoms with Crippen molar-refractivity contribution in [3.8, 4) is 11.5 Å². The number of hydrogen-bond acceptors (Lipinski definition) is 4. The Labute approximate surface area is 127 Å². The molecular formula is C17H25NO3. The molecule has 0 bridgehead atoms. The van der Waals surface area contributed by atoms with Gasteiger partial charge in [-0.25, -0.2) is 0 Å². The Hall–Kier alpha value is -1.55. The molecule has 1 aromatic rings. The fraction of sp³-hybridized carbons (Fsp3) is 0.588. The minimum Gasteiger partial charge on any atom is -0.493 e. The molecule has 0 amide bonds. The molecule has 0 aliphatic carbocycles. The highest BCUT2D eigenvalue weighted by Gasteiger charge is 2.15. The number of aldehydes is 1. The molecule has 116 valence electrons. The summed E-state index contributed by atoms with van der Waals surface area (Å²) >= 11 is 0. The third-order valence-corrected chi connectivity index (χ3v) is 4.10. The van der Waals surface area contributed by atoms with Gasteiger partial charge in [-0.1, -0.05) is 13.0 Å². The maximum absolute atomic E-state index is 11.1. The van der Waals surface area contributed by atoms with Crippen molar-refractivity contribution in [3.05, 3.63) is 23.8 Å². The smallest absolute Gasteiger partial charge is 0.171 e. The van der Waals surface area contributed by atoms with Crippen LogP contribution in [0.15, 0.2) is 18.2 Å². The fourth-order valence-corrected chi connectivity index (χ4v) is 2.69. The van der Waals surface area contributed by atoms with Gasteiger partial charge in [0.15, 0.2) is 17.8 Å². The van der Waals surface area contributed by atoms with E-state index >= 15 is 0 Å². The molecule has 0 spiro atoms. The molecule has 1 heterocycles. The van der Waals surface area contributed by atoms with E-state index in [1.165, 1.54) is 25.9 Å². The molecule has 4 nitrogen and oxygen atoms in total. The first kappa shape index (κ1) is 15.8. The van der Waals surface area contributed by atoms with Crippen molar-refractivity contribution in [2.75, 3.05) is 33.4 Å². The average Bonchev–Trinajstić information content (AvgIpc) is 2.53. The number of hydrogen-bond donors (Lipinski definition) is 0. The van der Waals surface area contributed by atoms with Crippen LogP contribution in [0.25, 0.3) is 0 Å². The topological polar surface area (TPSA) is 38.8 Å². The Morgan fingerprint density at radius 3 is 2.76 bits per heavy atom. The normalized spacial score (nSPS) is 16.7. The Balaban J connectivity index is 1.79. The number of benzene rings is 1. The lowest BCUT2D eigenvalue weighted by Gasteiger charge is -2.30. The predicted molar refractivity (Wildman–Crippen MR) is 83.3 cm³/mol. The fourth-order valence-electron chi connectivity index (χ4n) is 2.69. The molecule has 0 atom stereocenters. The van der Waals surface area contributed by atoms with Gasteiger partial charge in [0, 0.05) is 6.54 Å². The number of methoxy groups -OCH3 is 1. The van der Waals surface area contributed by atoms with E-state index in [1.54, 1.807) is 19.2 Å². The standard InChI is InChI=1S/C17H25NO3/c1-14-7-10-18(11-8-14)9-4-12-21-17-15(13-19)5-3-6-16(17)20-2/h3,5-6,13-14H,4,7-12H2,1-2H3. The molecule has 0 aromatic heterocycles. The van der Waals surface area contributed by atoms with Crippen molar-refractivity contribution in [1.29, 1.82) is 0 Å². The van der Waals surface area contributed by atoms with E-state index in [0.29, 0.717) is 23.7 Å². The number of rotatable bonds is 7. The lowest BCUT2D eigenvalue weighted by Crippen LogP contribution is -2.34. The van der Waals surface area contributed by atoms with Crippen LogP contribution < -0.4 is 9.47 Å². The van der Waals surface area contributed by atoms with Crippen molar-refractivity contribution < 1.29 is 14.3 Å². The summed E-state index contributed by atoms with van der Waals surface area (Å²) in [4.78, 5) is 13.6. The first-order valence-electron chi connectivity index (χ1n) is 7.72. The summed E-state index contributed by atoms with van der Waals surface area (Å²) in [6, 6.07) is 5.36. The summed E-state index contributed by atoms with van der Waals surface area (Å²) < 4.78 is 11.0. The summed E-state index contributed by atoms with van der Waals surface area (Å²) in [6.07, 6.45) is 4.36. The van der Waals surface area contributed by atoms with Gasteiger partial charge in [0.05, 0.1) is 19.3 Å². The second-order valence-corrected chi connectivity index (χ2v) is 5.72. The van der Waals surface area contributed by atoms with Crippen LogP contribution in [0.5, 0.6) is 11.5 Å². The maximum atomic E-state index is 11.1. The molecule has 1 saturated heterocycles. The van der Waals surface area contributed by atoms with Crippen LogP contribution in [0.1, 0.15) is 36.5 Å². The van der Waals surface area contributed by atoms with E-state index in [4.69, 9.17) is 9.47 Å². The third kappa shape index (κ3) is 4.46. The maximum Gasteiger partial charge on any atom is 0.171 e. The zero-order chi connectivity index (χ0) is 15.1. The van der Waals surface area contributed by atoms with Crippen LogP contribution in [-0.2, 0) is 0 Å². The van der Waals surface area contributed by atoms with Crippen LogP contribution in [0.4, 0.5) is 0 Å². The van der Waals surface area contributed by atoms with Crippen LogP contribution in [0.2, 0.25) is 0 Å². The van der Waals surface area contributed by atoms with Gasteiger partial charge in [-0.2, -0.15) is 0 Å².